The van der Waals surface area contributed by atoms with Gasteiger partial charge in [0.2, 0.25) is 0 Å². The Balaban J connectivity index is 1.23. The van der Waals surface area contributed by atoms with Gasteiger partial charge < -0.3 is 14.6 Å². The number of hydroxylamine groups is 2. The molecule has 8 nitrogen and oxygen atoms in total. The third-order valence-electron chi connectivity index (χ3n) is 11.7. The van der Waals surface area contributed by atoms with Gasteiger partial charge in [0.25, 0.3) is 5.91 Å². The second kappa shape index (κ2) is 10.2. The van der Waals surface area contributed by atoms with Crippen LogP contribution in [0.4, 0.5) is 0 Å². The maximum absolute atomic E-state index is 14.5. The van der Waals surface area contributed by atoms with Crippen LogP contribution in [0.3, 0.4) is 0 Å². The summed E-state index contributed by atoms with van der Waals surface area (Å²) in [4.78, 5) is 46.9. The number of aliphatic hydroxyl groups is 1. The molecule has 2 aliphatic heterocycles. The van der Waals surface area contributed by atoms with E-state index < -0.39 is 28.8 Å². The fraction of sp³-hybridized carbons (Fsp3) is 0.618. The van der Waals surface area contributed by atoms with Gasteiger partial charge in [0.15, 0.2) is 23.5 Å². The lowest BCUT2D eigenvalue weighted by molar-refractivity contribution is -0.239. The van der Waals surface area contributed by atoms with Gasteiger partial charge in [-0.05, 0) is 81.1 Å². The van der Waals surface area contributed by atoms with Crippen molar-refractivity contribution in [1.82, 2.24) is 5.06 Å². The predicted molar refractivity (Wildman–Crippen MR) is 153 cm³/mol. The molecular weight excluding hydrogens is 534 g/mol. The van der Waals surface area contributed by atoms with Crippen LogP contribution < -0.4 is 0 Å². The van der Waals surface area contributed by atoms with Crippen molar-refractivity contribution in [3.05, 3.63) is 59.7 Å². The van der Waals surface area contributed by atoms with Crippen LogP contribution in [0.15, 0.2) is 54.1 Å². The molecule has 3 saturated carbocycles. The molecule has 6 aliphatic rings. The highest BCUT2D eigenvalue weighted by atomic mass is 16.7. The molecule has 42 heavy (non-hydrogen) atoms. The van der Waals surface area contributed by atoms with E-state index in [1.165, 1.54) is 5.06 Å². The van der Waals surface area contributed by atoms with Gasteiger partial charge in [-0.15, -0.1) is 0 Å². The summed E-state index contributed by atoms with van der Waals surface area (Å²) < 4.78 is 11.8. The van der Waals surface area contributed by atoms with E-state index in [4.69, 9.17) is 14.3 Å². The van der Waals surface area contributed by atoms with Crippen LogP contribution in [0.5, 0.6) is 0 Å². The Morgan fingerprint density at radius 1 is 1.14 bits per heavy atom. The van der Waals surface area contributed by atoms with Gasteiger partial charge >= 0.3 is 0 Å². The quantitative estimate of drug-likeness (QED) is 0.554. The molecule has 5 fully saturated rings. The van der Waals surface area contributed by atoms with Crippen LogP contribution >= 0.6 is 0 Å². The summed E-state index contributed by atoms with van der Waals surface area (Å²) in [5.41, 5.74) is -0.790. The lowest BCUT2D eigenvalue weighted by Gasteiger charge is -2.59. The van der Waals surface area contributed by atoms with E-state index in [1.54, 1.807) is 24.3 Å². The molecule has 7 rings (SSSR count). The van der Waals surface area contributed by atoms with E-state index in [1.807, 2.05) is 24.3 Å². The molecule has 4 aliphatic carbocycles. The molecule has 2 heterocycles. The number of allylic oxidation sites excluding steroid dienone is 4. The van der Waals surface area contributed by atoms with E-state index in [0.29, 0.717) is 25.1 Å². The van der Waals surface area contributed by atoms with Gasteiger partial charge in [0, 0.05) is 34.8 Å². The fourth-order valence-corrected chi connectivity index (χ4v) is 9.83. The average Bonchev–Trinajstić information content (AvgIpc) is 3.50. The maximum atomic E-state index is 14.5. The van der Waals surface area contributed by atoms with Crippen molar-refractivity contribution in [1.29, 1.82) is 0 Å². The van der Waals surface area contributed by atoms with E-state index >= 15 is 0 Å². The number of carbonyl (C=O) groups is 3. The molecule has 0 bridgehead atoms. The van der Waals surface area contributed by atoms with Crippen LogP contribution in [0.1, 0.15) is 69.2 Å². The molecule has 9 atom stereocenters. The fourth-order valence-electron chi connectivity index (χ4n) is 9.83. The molecule has 1 aromatic rings. The predicted octanol–water partition coefficient (Wildman–Crippen LogP) is 4.43. The van der Waals surface area contributed by atoms with Crippen molar-refractivity contribution >= 4 is 17.5 Å². The number of hydrogen-bond acceptors (Lipinski definition) is 7. The number of hydrogen-bond donors (Lipinski definition) is 1. The number of nitrogens with zero attached hydrogens (tertiary/aromatic N) is 1. The Morgan fingerprint density at radius 3 is 2.71 bits per heavy atom. The Bertz CT molecular complexity index is 1330. The lowest BCUT2D eigenvalue weighted by Crippen LogP contribution is -2.63. The first kappa shape index (κ1) is 28.1. The van der Waals surface area contributed by atoms with Gasteiger partial charge in [-0.1, -0.05) is 43.7 Å². The zero-order chi connectivity index (χ0) is 29.3. The molecule has 8 heteroatoms. The number of carbonyl (C=O) groups excluding carboxylic acids is 3. The summed E-state index contributed by atoms with van der Waals surface area (Å²) in [6.45, 7) is 5.02. The summed E-state index contributed by atoms with van der Waals surface area (Å²) in [6, 6.07) is 9.01. The highest BCUT2D eigenvalue weighted by Gasteiger charge is 2.75. The van der Waals surface area contributed by atoms with Crippen molar-refractivity contribution in [2.75, 3.05) is 19.8 Å². The molecule has 0 radical (unpaired) electrons. The molecule has 0 spiro atoms. The third kappa shape index (κ3) is 4.05. The maximum Gasteiger partial charge on any atom is 0.277 e. The number of rotatable bonds is 5. The number of amides is 1. The number of ether oxygens (including phenoxy) is 2. The molecule has 0 aromatic heterocycles. The SMILES string of the molecule is C[C@]12C=CC(=O)C=C1CC[C@@H]1[C@@H]2[C@@H](O)C[C@@]2(C)[C@H]1C[C@H]1CN(C(=O)c3ccccc3)O[C@]12C(=O)COC1CCCCO1. The number of benzene rings is 1. The number of fused-ring (bicyclic) bond motifs is 7. The van der Waals surface area contributed by atoms with Crippen molar-refractivity contribution in [2.24, 2.45) is 34.5 Å². The highest BCUT2D eigenvalue weighted by molar-refractivity contribution is 6.01. The molecular formula is C34H41NO7. The van der Waals surface area contributed by atoms with Crippen LogP contribution in [0.2, 0.25) is 0 Å². The Morgan fingerprint density at radius 2 is 1.95 bits per heavy atom. The third-order valence-corrected chi connectivity index (χ3v) is 11.7. The first-order valence-electron chi connectivity index (χ1n) is 15.6. The van der Waals surface area contributed by atoms with Gasteiger partial charge in [0.05, 0.1) is 12.6 Å². The van der Waals surface area contributed by atoms with E-state index in [-0.39, 0.29) is 47.8 Å². The Hall–Kier alpha value is -2.65. The molecule has 1 aromatic carbocycles. The summed E-state index contributed by atoms with van der Waals surface area (Å²) in [5.74, 6) is -0.439. The topological polar surface area (TPSA) is 102 Å². The van der Waals surface area contributed by atoms with Crippen LogP contribution in [0, 0.1) is 34.5 Å². The smallest absolute Gasteiger partial charge is 0.277 e. The lowest BCUT2D eigenvalue weighted by atomic mass is 9.46. The van der Waals surface area contributed by atoms with Crippen LogP contribution in [-0.2, 0) is 23.9 Å². The minimum Gasteiger partial charge on any atom is -0.393 e. The normalized spacial score (nSPS) is 42.3. The molecule has 1 unspecified atom stereocenters. The first-order valence-corrected chi connectivity index (χ1v) is 15.6. The molecule has 2 saturated heterocycles. The van der Waals surface area contributed by atoms with Gasteiger partial charge in [-0.25, -0.2) is 5.06 Å². The monoisotopic (exact) mass is 575 g/mol. The van der Waals surface area contributed by atoms with Gasteiger partial charge in [-0.2, -0.15) is 0 Å². The standard InChI is InChI=1S/C34H41NO7/c1-32-14-13-24(36)16-22(32)11-12-25-26-17-23-19-35(31(39)21-8-4-3-5-9-21)42-34(23,33(26,2)18-27(37)30(25)32)28(38)20-41-29-10-6-7-15-40-29/h3-5,8-9,13-14,16,23,25-27,29-30,37H,6-7,10-12,15,17-20H2,1-2H3/t23-,25-,26-,27-,29?,30+,32-,33-,34-/m0/s1. The minimum absolute atomic E-state index is 0.00882. The van der Waals surface area contributed by atoms with Gasteiger partial charge in [0.1, 0.15) is 6.61 Å². The summed E-state index contributed by atoms with van der Waals surface area (Å²) in [7, 11) is 0. The Kier molecular flexibility index (Phi) is 6.85. The number of ketones is 2. The first-order chi connectivity index (χ1) is 20.2. The van der Waals surface area contributed by atoms with E-state index in [9.17, 15) is 19.5 Å². The zero-order valence-electron chi connectivity index (χ0n) is 24.5. The van der Waals surface area contributed by atoms with E-state index in [2.05, 4.69) is 13.8 Å². The van der Waals surface area contributed by atoms with Crippen LogP contribution in [0.25, 0.3) is 0 Å². The van der Waals surface area contributed by atoms with Crippen LogP contribution in [-0.4, -0.2) is 65.4 Å². The molecule has 1 amide bonds. The largest absolute Gasteiger partial charge is 0.393 e. The van der Waals surface area contributed by atoms with E-state index in [0.717, 1.165) is 44.1 Å². The summed E-state index contributed by atoms with van der Waals surface area (Å²) >= 11 is 0. The second-order valence-electron chi connectivity index (χ2n) is 13.7. The Labute approximate surface area is 247 Å². The zero-order valence-corrected chi connectivity index (χ0v) is 24.5. The molecule has 224 valence electrons. The highest BCUT2D eigenvalue weighted by Crippen LogP contribution is 2.70. The summed E-state index contributed by atoms with van der Waals surface area (Å²) in [6.07, 6.45) is 9.74. The molecule has 1 N–H and O–H groups in total. The number of Topliss-reactive ketones (excluding diaryl/α,β-unsaturated/α-hetero) is 1. The van der Waals surface area contributed by atoms with Crippen molar-refractivity contribution in [3.8, 4) is 0 Å². The average molecular weight is 576 g/mol. The van der Waals surface area contributed by atoms with Crippen molar-refractivity contribution in [2.45, 2.75) is 76.8 Å². The van der Waals surface area contributed by atoms with Gasteiger partial charge in [-0.3, -0.25) is 19.2 Å². The number of aliphatic hydroxyl groups excluding tert-OH is 1. The summed E-state index contributed by atoms with van der Waals surface area (Å²) in [5, 5.41) is 13.3. The van der Waals surface area contributed by atoms with Crippen molar-refractivity contribution in [3.63, 3.8) is 0 Å². The minimum atomic E-state index is -1.29. The second-order valence-corrected chi connectivity index (χ2v) is 13.7. The van der Waals surface area contributed by atoms with Crippen molar-refractivity contribution < 1.29 is 33.8 Å².